The lowest BCUT2D eigenvalue weighted by molar-refractivity contribution is 0.0697. The van der Waals surface area contributed by atoms with Crippen molar-refractivity contribution in [1.82, 2.24) is 10.3 Å². The molecule has 2 heterocycles. The highest BCUT2D eigenvalue weighted by Crippen LogP contribution is 2.21. The second-order valence-corrected chi connectivity index (χ2v) is 5.18. The van der Waals surface area contributed by atoms with Gasteiger partial charge >= 0.3 is 0 Å². The van der Waals surface area contributed by atoms with Crippen LogP contribution in [0.3, 0.4) is 0 Å². The van der Waals surface area contributed by atoms with E-state index in [1.165, 1.54) is 0 Å². The summed E-state index contributed by atoms with van der Waals surface area (Å²) in [5.74, 6) is 0.655. The third-order valence-corrected chi connectivity index (χ3v) is 3.77. The molecule has 1 aromatic heterocycles. The highest BCUT2D eigenvalue weighted by atomic mass is 16.5. The van der Waals surface area contributed by atoms with Gasteiger partial charge in [0.1, 0.15) is 5.82 Å². The Hall–Kier alpha value is -2.14. The van der Waals surface area contributed by atoms with Crippen LogP contribution in [0.15, 0.2) is 30.3 Å². The van der Waals surface area contributed by atoms with Crippen LogP contribution in [0.25, 0.3) is 10.9 Å². The molecule has 0 bridgehead atoms. The molecule has 1 saturated heterocycles. The number of para-hydroxylation sites is 1. The van der Waals surface area contributed by atoms with Crippen LogP contribution in [0, 0.1) is 0 Å². The maximum Gasteiger partial charge on any atom is 0.252 e. The molecule has 0 unspecified atom stereocenters. The van der Waals surface area contributed by atoms with Crippen molar-refractivity contribution in [2.45, 2.75) is 18.9 Å². The summed E-state index contributed by atoms with van der Waals surface area (Å²) in [6.07, 6.45) is 1.74. The average molecular weight is 285 g/mol. The van der Waals surface area contributed by atoms with E-state index < -0.39 is 0 Å². The summed E-state index contributed by atoms with van der Waals surface area (Å²) < 4.78 is 5.32. The lowest BCUT2D eigenvalue weighted by Gasteiger charge is -2.23. The Bertz CT molecular complexity index is 651. The molecule has 1 aliphatic heterocycles. The van der Waals surface area contributed by atoms with Crippen molar-refractivity contribution in [3.05, 3.63) is 35.9 Å². The summed E-state index contributed by atoms with van der Waals surface area (Å²) in [4.78, 5) is 17.1. The monoisotopic (exact) mass is 285 g/mol. The largest absolute Gasteiger partial charge is 0.381 e. The predicted octanol–water partition coefficient (Wildman–Crippen LogP) is 2.19. The van der Waals surface area contributed by atoms with Gasteiger partial charge in [-0.3, -0.25) is 4.79 Å². The van der Waals surface area contributed by atoms with Crippen molar-refractivity contribution >= 4 is 22.6 Å². The first-order valence-corrected chi connectivity index (χ1v) is 7.24. The van der Waals surface area contributed by atoms with Gasteiger partial charge in [0.15, 0.2) is 0 Å². The fourth-order valence-corrected chi connectivity index (χ4v) is 2.60. The zero-order chi connectivity index (χ0) is 14.7. The quantitative estimate of drug-likeness (QED) is 0.907. The molecule has 0 atom stereocenters. The smallest absolute Gasteiger partial charge is 0.252 e. The van der Waals surface area contributed by atoms with E-state index in [0.29, 0.717) is 24.6 Å². The number of rotatable bonds is 3. The zero-order valence-corrected chi connectivity index (χ0v) is 12.1. The van der Waals surface area contributed by atoms with Gasteiger partial charge in [0.25, 0.3) is 5.91 Å². The summed E-state index contributed by atoms with van der Waals surface area (Å²) in [5.41, 5.74) is 1.48. The van der Waals surface area contributed by atoms with Gasteiger partial charge in [-0.15, -0.1) is 0 Å². The van der Waals surface area contributed by atoms with Gasteiger partial charge in [-0.1, -0.05) is 18.2 Å². The normalized spacial score (nSPS) is 15.9. The molecule has 5 heteroatoms. The molecule has 0 saturated carbocycles. The van der Waals surface area contributed by atoms with Crippen LogP contribution in [-0.4, -0.2) is 37.2 Å². The minimum absolute atomic E-state index is 0.0444. The third-order valence-electron chi connectivity index (χ3n) is 3.77. The van der Waals surface area contributed by atoms with Gasteiger partial charge in [-0.2, -0.15) is 0 Å². The number of anilines is 1. The molecule has 1 fully saturated rings. The van der Waals surface area contributed by atoms with Crippen LogP contribution in [0.5, 0.6) is 0 Å². The first-order valence-electron chi connectivity index (χ1n) is 7.24. The van der Waals surface area contributed by atoms with Crippen molar-refractivity contribution in [2.24, 2.45) is 0 Å². The number of pyridine rings is 1. The molecule has 3 rings (SSSR count). The Morgan fingerprint density at radius 2 is 2.05 bits per heavy atom. The Kier molecular flexibility index (Phi) is 4.01. The molecule has 0 aliphatic carbocycles. The Morgan fingerprint density at radius 3 is 2.81 bits per heavy atom. The zero-order valence-electron chi connectivity index (χ0n) is 12.1. The number of fused-ring (bicyclic) bond motifs is 1. The number of hydrogen-bond acceptors (Lipinski definition) is 4. The second-order valence-electron chi connectivity index (χ2n) is 5.18. The summed E-state index contributed by atoms with van der Waals surface area (Å²) in [5, 5.41) is 6.99. The van der Waals surface area contributed by atoms with E-state index in [1.807, 2.05) is 24.3 Å². The number of hydrogen-bond donors (Lipinski definition) is 2. The number of nitrogens with zero attached hydrogens (tertiary/aromatic N) is 1. The number of carbonyl (C=O) groups excluding carboxylic acids is 1. The predicted molar refractivity (Wildman–Crippen MR) is 82.6 cm³/mol. The van der Waals surface area contributed by atoms with E-state index in [9.17, 15) is 4.79 Å². The van der Waals surface area contributed by atoms with Gasteiger partial charge in [-0.25, -0.2) is 4.98 Å². The van der Waals surface area contributed by atoms with Crippen LogP contribution < -0.4 is 10.6 Å². The van der Waals surface area contributed by atoms with Gasteiger partial charge in [0.05, 0.1) is 11.1 Å². The molecular weight excluding hydrogens is 266 g/mol. The van der Waals surface area contributed by atoms with Crippen molar-refractivity contribution in [3.63, 3.8) is 0 Å². The number of nitrogens with one attached hydrogen (secondary N) is 2. The van der Waals surface area contributed by atoms with E-state index in [1.54, 1.807) is 13.1 Å². The first-order chi connectivity index (χ1) is 10.3. The number of carbonyl (C=O) groups is 1. The number of aromatic nitrogens is 1. The molecular formula is C16H19N3O2. The Balaban J connectivity index is 1.92. The maximum absolute atomic E-state index is 12.6. The summed E-state index contributed by atoms with van der Waals surface area (Å²) in [6, 6.07) is 9.69. The van der Waals surface area contributed by atoms with E-state index in [-0.39, 0.29) is 11.9 Å². The number of benzene rings is 1. The average Bonchev–Trinajstić information content (AvgIpc) is 2.54. The van der Waals surface area contributed by atoms with Gasteiger partial charge < -0.3 is 15.4 Å². The molecule has 1 aromatic carbocycles. The maximum atomic E-state index is 12.6. The number of amides is 1. The molecule has 2 aromatic rings. The summed E-state index contributed by atoms with van der Waals surface area (Å²) in [6.45, 7) is 1.42. The molecule has 0 spiro atoms. The summed E-state index contributed by atoms with van der Waals surface area (Å²) in [7, 11) is 1.80. The fourth-order valence-electron chi connectivity index (χ4n) is 2.60. The SMILES string of the molecule is CNc1cc(C(=O)NC2CCOCC2)c2ccccc2n1. The molecule has 110 valence electrons. The van der Waals surface area contributed by atoms with Crippen LogP contribution in [0.2, 0.25) is 0 Å². The number of ether oxygens (including phenoxy) is 1. The minimum atomic E-state index is -0.0444. The van der Waals surface area contributed by atoms with Crippen molar-refractivity contribution in [3.8, 4) is 0 Å². The summed E-state index contributed by atoms with van der Waals surface area (Å²) >= 11 is 0. The van der Waals surface area contributed by atoms with Gasteiger partial charge in [-0.05, 0) is 25.0 Å². The minimum Gasteiger partial charge on any atom is -0.381 e. The molecule has 1 amide bonds. The van der Waals surface area contributed by atoms with Crippen molar-refractivity contribution in [2.75, 3.05) is 25.6 Å². The highest BCUT2D eigenvalue weighted by molar-refractivity contribution is 6.07. The molecule has 5 nitrogen and oxygen atoms in total. The first kappa shape index (κ1) is 13.8. The second kappa shape index (κ2) is 6.10. The molecule has 0 radical (unpaired) electrons. The van der Waals surface area contributed by atoms with Crippen LogP contribution in [0.4, 0.5) is 5.82 Å². The van der Waals surface area contributed by atoms with Crippen LogP contribution in [-0.2, 0) is 4.74 Å². The highest BCUT2D eigenvalue weighted by Gasteiger charge is 2.19. The van der Waals surface area contributed by atoms with Crippen LogP contribution in [0.1, 0.15) is 23.2 Å². The Labute approximate surface area is 123 Å². The van der Waals surface area contributed by atoms with E-state index in [4.69, 9.17) is 4.74 Å². The van der Waals surface area contributed by atoms with Crippen molar-refractivity contribution < 1.29 is 9.53 Å². The van der Waals surface area contributed by atoms with E-state index in [2.05, 4.69) is 15.6 Å². The Morgan fingerprint density at radius 1 is 1.29 bits per heavy atom. The standard InChI is InChI=1S/C16H19N3O2/c1-17-15-10-13(12-4-2-3-5-14(12)19-15)16(20)18-11-6-8-21-9-7-11/h2-5,10-11H,6-9H2,1H3,(H,17,19)(H,18,20). The van der Waals surface area contributed by atoms with Gasteiger partial charge in [0, 0.05) is 31.7 Å². The van der Waals surface area contributed by atoms with Crippen LogP contribution >= 0.6 is 0 Å². The van der Waals surface area contributed by atoms with E-state index in [0.717, 1.165) is 23.7 Å². The fraction of sp³-hybridized carbons (Fsp3) is 0.375. The van der Waals surface area contributed by atoms with E-state index >= 15 is 0 Å². The molecule has 1 aliphatic rings. The molecule has 2 N–H and O–H groups in total. The van der Waals surface area contributed by atoms with Gasteiger partial charge in [0.2, 0.25) is 0 Å². The third kappa shape index (κ3) is 2.97. The lowest BCUT2D eigenvalue weighted by atomic mass is 10.1. The topological polar surface area (TPSA) is 63.2 Å². The molecule has 21 heavy (non-hydrogen) atoms. The van der Waals surface area contributed by atoms with Crippen molar-refractivity contribution in [1.29, 1.82) is 0 Å². The lowest BCUT2D eigenvalue weighted by Crippen LogP contribution is -2.39.